The molecule has 0 nitrogen and oxygen atoms in total. The molecule has 0 aliphatic carbocycles. The van der Waals surface area contributed by atoms with E-state index in [2.05, 4.69) is 32.2 Å². The third kappa shape index (κ3) is 2.17. The van der Waals surface area contributed by atoms with Crippen LogP contribution in [0.3, 0.4) is 0 Å². The molecule has 0 aliphatic heterocycles. The zero-order valence-electron chi connectivity index (χ0n) is 9.75. The van der Waals surface area contributed by atoms with E-state index in [1.807, 2.05) is 11.4 Å². The van der Waals surface area contributed by atoms with E-state index in [-0.39, 0.29) is 11.2 Å². The molecule has 1 aromatic heterocycles. The van der Waals surface area contributed by atoms with Gasteiger partial charge in [0.05, 0.1) is 0 Å². The molecule has 0 unspecified atom stereocenters. The van der Waals surface area contributed by atoms with E-state index in [0.717, 1.165) is 11.1 Å². The highest BCUT2D eigenvalue weighted by molar-refractivity contribution is 7.08. The summed E-state index contributed by atoms with van der Waals surface area (Å²) in [6.07, 6.45) is 0. The van der Waals surface area contributed by atoms with Crippen LogP contribution in [0.15, 0.2) is 35.0 Å². The zero-order valence-corrected chi connectivity index (χ0v) is 10.6. The van der Waals surface area contributed by atoms with Crippen molar-refractivity contribution in [1.82, 2.24) is 0 Å². The molecule has 1 aromatic carbocycles. The second-order valence-corrected chi connectivity index (χ2v) is 5.73. The van der Waals surface area contributed by atoms with Gasteiger partial charge in [-0.05, 0) is 51.1 Å². The molecule has 0 atom stereocenters. The van der Waals surface area contributed by atoms with Crippen LogP contribution in [0.25, 0.3) is 11.1 Å². The van der Waals surface area contributed by atoms with Crippen molar-refractivity contribution in [2.75, 3.05) is 0 Å². The molecule has 0 bridgehead atoms. The van der Waals surface area contributed by atoms with Crippen LogP contribution in [0.5, 0.6) is 0 Å². The number of hydrogen-bond donors (Lipinski definition) is 0. The molecule has 0 spiro atoms. The Morgan fingerprint density at radius 1 is 1.12 bits per heavy atom. The summed E-state index contributed by atoms with van der Waals surface area (Å²) in [7, 11) is 0. The Bertz CT molecular complexity index is 478. The summed E-state index contributed by atoms with van der Waals surface area (Å²) in [6, 6.07) is 7.13. The number of benzene rings is 1. The topological polar surface area (TPSA) is 0 Å². The van der Waals surface area contributed by atoms with E-state index in [4.69, 9.17) is 0 Å². The molecule has 2 rings (SSSR count). The Morgan fingerprint density at radius 3 is 2.44 bits per heavy atom. The Morgan fingerprint density at radius 2 is 1.88 bits per heavy atom. The Hall–Kier alpha value is -1.15. The minimum atomic E-state index is -0.163. The van der Waals surface area contributed by atoms with Crippen molar-refractivity contribution in [1.29, 1.82) is 0 Å². The van der Waals surface area contributed by atoms with Crippen LogP contribution in [0.4, 0.5) is 4.39 Å². The number of rotatable bonds is 1. The molecule has 16 heavy (non-hydrogen) atoms. The zero-order chi connectivity index (χ0) is 11.8. The largest absolute Gasteiger partial charge is 0.207 e. The SMILES string of the molecule is CC(C)(C)c1cc(F)ccc1-c1ccsc1. The lowest BCUT2D eigenvalue weighted by molar-refractivity contribution is 0.574. The smallest absolute Gasteiger partial charge is 0.123 e. The Kier molecular flexibility index (Phi) is 2.85. The first-order valence-electron chi connectivity index (χ1n) is 5.31. The molecule has 0 saturated heterocycles. The van der Waals surface area contributed by atoms with Gasteiger partial charge in [-0.15, -0.1) is 0 Å². The third-order valence-corrected chi connectivity index (χ3v) is 3.31. The second kappa shape index (κ2) is 4.02. The van der Waals surface area contributed by atoms with Crippen LogP contribution in [0, 0.1) is 5.82 Å². The maximum atomic E-state index is 13.3. The first-order chi connectivity index (χ1) is 7.48. The normalized spacial score (nSPS) is 11.8. The highest BCUT2D eigenvalue weighted by Crippen LogP contribution is 2.34. The molecule has 2 aromatic rings. The highest BCUT2D eigenvalue weighted by atomic mass is 32.1. The van der Waals surface area contributed by atoms with Gasteiger partial charge in [-0.2, -0.15) is 11.3 Å². The maximum absolute atomic E-state index is 13.3. The molecule has 1 heterocycles. The van der Waals surface area contributed by atoms with Gasteiger partial charge in [0.25, 0.3) is 0 Å². The maximum Gasteiger partial charge on any atom is 0.123 e. The lowest BCUT2D eigenvalue weighted by Gasteiger charge is -2.22. The molecular formula is C14H15FS. The summed E-state index contributed by atoms with van der Waals surface area (Å²) in [5.41, 5.74) is 3.33. The van der Waals surface area contributed by atoms with Crippen LogP contribution in [-0.4, -0.2) is 0 Å². The van der Waals surface area contributed by atoms with E-state index in [0.29, 0.717) is 0 Å². The predicted molar refractivity (Wildman–Crippen MR) is 68.4 cm³/mol. The molecule has 0 aliphatic rings. The fraction of sp³-hybridized carbons (Fsp3) is 0.286. The minimum Gasteiger partial charge on any atom is -0.207 e. The van der Waals surface area contributed by atoms with Crippen LogP contribution < -0.4 is 0 Å². The minimum absolute atomic E-state index is 0.0423. The monoisotopic (exact) mass is 234 g/mol. The van der Waals surface area contributed by atoms with Crippen molar-refractivity contribution in [2.24, 2.45) is 0 Å². The van der Waals surface area contributed by atoms with Gasteiger partial charge in [0.15, 0.2) is 0 Å². The average molecular weight is 234 g/mol. The number of halogens is 1. The van der Waals surface area contributed by atoms with Crippen molar-refractivity contribution >= 4 is 11.3 Å². The first-order valence-corrected chi connectivity index (χ1v) is 6.25. The molecule has 2 heteroatoms. The molecule has 0 saturated carbocycles. The first kappa shape index (κ1) is 11.3. The average Bonchev–Trinajstić information content (AvgIpc) is 2.69. The molecule has 0 fully saturated rings. The van der Waals surface area contributed by atoms with Crippen LogP contribution in [-0.2, 0) is 5.41 Å². The van der Waals surface area contributed by atoms with Gasteiger partial charge in [-0.3, -0.25) is 0 Å². The van der Waals surface area contributed by atoms with E-state index in [9.17, 15) is 4.39 Å². The van der Waals surface area contributed by atoms with Gasteiger partial charge in [0.2, 0.25) is 0 Å². The van der Waals surface area contributed by atoms with Crippen molar-refractivity contribution in [3.05, 3.63) is 46.4 Å². The third-order valence-electron chi connectivity index (χ3n) is 2.62. The van der Waals surface area contributed by atoms with Crippen molar-refractivity contribution in [3.63, 3.8) is 0 Å². The van der Waals surface area contributed by atoms with Crippen molar-refractivity contribution < 1.29 is 4.39 Å². The van der Waals surface area contributed by atoms with E-state index in [1.165, 1.54) is 11.6 Å². The molecule has 0 amide bonds. The summed E-state index contributed by atoms with van der Waals surface area (Å²) in [5.74, 6) is -0.163. The standard InChI is InChI=1S/C14H15FS/c1-14(2,3)13-8-11(15)4-5-12(13)10-6-7-16-9-10/h4-9H,1-3H3. The lowest BCUT2D eigenvalue weighted by Crippen LogP contribution is -2.13. The van der Waals surface area contributed by atoms with Crippen LogP contribution in [0.2, 0.25) is 0 Å². The summed E-state index contributed by atoms with van der Waals surface area (Å²) >= 11 is 1.66. The van der Waals surface area contributed by atoms with Crippen molar-refractivity contribution in [2.45, 2.75) is 26.2 Å². The second-order valence-electron chi connectivity index (χ2n) is 4.95. The molecule has 84 valence electrons. The van der Waals surface area contributed by atoms with Gasteiger partial charge >= 0.3 is 0 Å². The highest BCUT2D eigenvalue weighted by Gasteiger charge is 2.19. The molecule has 0 N–H and O–H groups in total. The van der Waals surface area contributed by atoms with Gasteiger partial charge in [0, 0.05) is 0 Å². The van der Waals surface area contributed by atoms with E-state index >= 15 is 0 Å². The molecule has 0 radical (unpaired) electrons. The molecular weight excluding hydrogens is 219 g/mol. The fourth-order valence-electron chi connectivity index (χ4n) is 1.81. The van der Waals surface area contributed by atoms with Crippen LogP contribution >= 0.6 is 11.3 Å². The summed E-state index contributed by atoms with van der Waals surface area (Å²) in [6.45, 7) is 6.33. The fourth-order valence-corrected chi connectivity index (χ4v) is 2.46. The van der Waals surface area contributed by atoms with E-state index < -0.39 is 0 Å². The van der Waals surface area contributed by atoms with E-state index in [1.54, 1.807) is 17.4 Å². The number of thiophene rings is 1. The summed E-state index contributed by atoms with van der Waals surface area (Å²) in [5, 5.41) is 4.15. The predicted octanol–water partition coefficient (Wildman–Crippen LogP) is 4.85. The quantitative estimate of drug-likeness (QED) is 0.661. The number of hydrogen-bond acceptors (Lipinski definition) is 1. The van der Waals surface area contributed by atoms with Gasteiger partial charge < -0.3 is 0 Å². The van der Waals surface area contributed by atoms with Gasteiger partial charge in [0.1, 0.15) is 5.82 Å². The van der Waals surface area contributed by atoms with Crippen LogP contribution in [0.1, 0.15) is 26.3 Å². The van der Waals surface area contributed by atoms with Crippen molar-refractivity contribution in [3.8, 4) is 11.1 Å². The van der Waals surface area contributed by atoms with Gasteiger partial charge in [-0.1, -0.05) is 26.8 Å². The summed E-state index contributed by atoms with van der Waals surface area (Å²) < 4.78 is 13.3. The Balaban J connectivity index is 2.62. The lowest BCUT2D eigenvalue weighted by atomic mass is 9.82. The van der Waals surface area contributed by atoms with Gasteiger partial charge in [-0.25, -0.2) is 4.39 Å². The summed E-state index contributed by atoms with van der Waals surface area (Å²) in [4.78, 5) is 0. The Labute approximate surface area is 99.8 Å².